The van der Waals surface area contributed by atoms with Crippen LogP contribution >= 0.6 is 0 Å². The van der Waals surface area contributed by atoms with Crippen LogP contribution in [0.5, 0.6) is 0 Å². The van der Waals surface area contributed by atoms with Crippen molar-refractivity contribution >= 4 is 5.97 Å². The van der Waals surface area contributed by atoms with Crippen LogP contribution in [0.1, 0.15) is 0 Å². The van der Waals surface area contributed by atoms with E-state index >= 15 is 0 Å². The Morgan fingerprint density at radius 2 is 2.33 bits per heavy atom. The zero-order chi connectivity index (χ0) is 10.7. The van der Waals surface area contributed by atoms with Gasteiger partial charge in [-0.05, 0) is 12.1 Å². The van der Waals surface area contributed by atoms with Crippen LogP contribution in [0.25, 0.3) is 11.4 Å². The fourth-order valence-electron chi connectivity index (χ4n) is 1.30. The second-order valence-electron chi connectivity index (χ2n) is 3.08. The molecule has 0 aliphatic rings. The quantitative estimate of drug-likeness (QED) is 0.713. The Morgan fingerprint density at radius 1 is 1.47 bits per heavy atom. The van der Waals surface area contributed by atoms with Gasteiger partial charge in [0.25, 0.3) is 6.54 Å². The van der Waals surface area contributed by atoms with E-state index in [4.69, 9.17) is 5.11 Å². The molecule has 0 saturated carbocycles. The highest BCUT2D eigenvalue weighted by Gasteiger charge is 2.11. The summed E-state index contributed by atoms with van der Waals surface area (Å²) in [6.45, 7) is -0.0766. The number of hydrogen-bond donors (Lipinski definition) is 2. The molecule has 0 amide bonds. The molecule has 5 heteroatoms. The highest BCUT2D eigenvalue weighted by Crippen LogP contribution is 2.10. The van der Waals surface area contributed by atoms with Crippen molar-refractivity contribution in [1.82, 2.24) is 10.1 Å². The molecule has 2 heterocycles. The first kappa shape index (κ1) is 9.39. The fraction of sp³-hybridized carbons (Fsp3) is 0.100. The maximum absolute atomic E-state index is 10.5. The molecule has 0 radical (unpaired) electrons. The molecular weight excluding hydrogens is 194 g/mol. The van der Waals surface area contributed by atoms with Gasteiger partial charge in [-0.25, -0.2) is 4.79 Å². The van der Waals surface area contributed by atoms with Gasteiger partial charge in [0.1, 0.15) is 5.69 Å². The Morgan fingerprint density at radius 3 is 3.00 bits per heavy atom. The fourth-order valence-corrected chi connectivity index (χ4v) is 1.30. The largest absolute Gasteiger partial charge is 0.476 e. The number of pyridine rings is 1. The molecule has 0 bridgehead atoms. The van der Waals surface area contributed by atoms with E-state index < -0.39 is 5.97 Å². The van der Waals surface area contributed by atoms with Crippen LogP contribution in [-0.2, 0) is 11.3 Å². The maximum atomic E-state index is 10.5. The molecule has 76 valence electrons. The summed E-state index contributed by atoms with van der Waals surface area (Å²) in [7, 11) is 0. The van der Waals surface area contributed by atoms with Gasteiger partial charge < -0.3 is 5.11 Å². The SMILES string of the molecule is O=C(O)C[n+]1ccc(-c2ccccn2)[nH]1. The summed E-state index contributed by atoms with van der Waals surface area (Å²) in [6, 6.07) is 7.37. The molecule has 0 aliphatic heterocycles. The number of carboxylic acids is 1. The molecule has 0 aliphatic carbocycles. The molecule has 0 fully saturated rings. The normalized spacial score (nSPS) is 10.1. The van der Waals surface area contributed by atoms with Gasteiger partial charge in [0.15, 0.2) is 6.20 Å². The minimum atomic E-state index is -0.880. The lowest BCUT2D eigenvalue weighted by Gasteiger charge is -1.91. The zero-order valence-electron chi connectivity index (χ0n) is 7.92. The van der Waals surface area contributed by atoms with E-state index in [0.29, 0.717) is 0 Å². The number of aliphatic carboxylic acids is 1. The van der Waals surface area contributed by atoms with Crippen LogP contribution in [0.2, 0.25) is 0 Å². The number of hydrogen-bond acceptors (Lipinski definition) is 2. The standard InChI is InChI=1S/C10H9N3O2/c14-10(15)7-13-6-4-9(12-13)8-3-1-2-5-11-8/h1-6H,7H2,(H,14,15)/p+1. The summed E-state index contributed by atoms with van der Waals surface area (Å²) >= 11 is 0. The van der Waals surface area contributed by atoms with Gasteiger partial charge in [-0.15, -0.1) is 4.68 Å². The van der Waals surface area contributed by atoms with Crippen LogP contribution in [0.3, 0.4) is 0 Å². The first-order chi connectivity index (χ1) is 7.25. The maximum Gasteiger partial charge on any atom is 0.372 e. The zero-order valence-corrected chi connectivity index (χ0v) is 7.92. The molecule has 0 spiro atoms. The van der Waals surface area contributed by atoms with Crippen molar-refractivity contribution in [2.75, 3.05) is 0 Å². The van der Waals surface area contributed by atoms with E-state index in [0.717, 1.165) is 11.4 Å². The molecule has 15 heavy (non-hydrogen) atoms. The van der Waals surface area contributed by atoms with Crippen molar-refractivity contribution < 1.29 is 14.6 Å². The monoisotopic (exact) mass is 204 g/mol. The summed E-state index contributed by atoms with van der Waals surface area (Å²) in [5, 5.41) is 11.5. The second kappa shape index (κ2) is 3.91. The Balaban J connectivity index is 2.24. The molecule has 2 rings (SSSR count). The third kappa shape index (κ3) is 2.19. The van der Waals surface area contributed by atoms with Gasteiger partial charge in [0, 0.05) is 12.3 Å². The topological polar surface area (TPSA) is 69.9 Å². The van der Waals surface area contributed by atoms with Gasteiger partial charge >= 0.3 is 5.97 Å². The van der Waals surface area contributed by atoms with Crippen molar-refractivity contribution in [2.24, 2.45) is 0 Å². The number of carboxylic acid groups (broad SMARTS) is 1. The summed E-state index contributed by atoms with van der Waals surface area (Å²) in [5.74, 6) is -0.880. The van der Waals surface area contributed by atoms with Crippen LogP contribution in [0, 0.1) is 0 Å². The van der Waals surface area contributed by atoms with Gasteiger partial charge in [-0.3, -0.25) is 4.98 Å². The summed E-state index contributed by atoms with van der Waals surface area (Å²) in [5.41, 5.74) is 1.60. The first-order valence-corrected chi connectivity index (χ1v) is 4.47. The van der Waals surface area contributed by atoms with E-state index in [1.165, 1.54) is 4.68 Å². The Bertz CT molecular complexity index is 465. The van der Waals surface area contributed by atoms with Crippen LogP contribution in [0.4, 0.5) is 0 Å². The third-order valence-corrected chi connectivity index (χ3v) is 1.93. The number of carbonyl (C=O) groups is 1. The predicted octanol–water partition coefficient (Wildman–Crippen LogP) is 0.449. The third-order valence-electron chi connectivity index (χ3n) is 1.93. The van der Waals surface area contributed by atoms with E-state index in [-0.39, 0.29) is 6.54 Å². The van der Waals surface area contributed by atoms with E-state index in [1.807, 2.05) is 18.2 Å². The lowest BCUT2D eigenvalue weighted by molar-refractivity contribution is -0.739. The van der Waals surface area contributed by atoms with Gasteiger partial charge in [0.05, 0.1) is 5.69 Å². The second-order valence-corrected chi connectivity index (χ2v) is 3.08. The number of H-pyrrole nitrogens is 1. The van der Waals surface area contributed by atoms with Crippen molar-refractivity contribution in [1.29, 1.82) is 0 Å². The Labute approximate surface area is 86.0 Å². The number of rotatable bonds is 3. The molecule has 5 nitrogen and oxygen atoms in total. The van der Waals surface area contributed by atoms with E-state index in [9.17, 15) is 4.79 Å². The molecule has 0 saturated heterocycles. The van der Waals surface area contributed by atoms with Crippen molar-refractivity contribution in [3.8, 4) is 11.4 Å². The molecule has 0 aromatic carbocycles. The van der Waals surface area contributed by atoms with Crippen LogP contribution < -0.4 is 4.68 Å². The first-order valence-electron chi connectivity index (χ1n) is 4.47. The van der Waals surface area contributed by atoms with Crippen LogP contribution in [-0.4, -0.2) is 21.2 Å². The van der Waals surface area contributed by atoms with Crippen molar-refractivity contribution in [3.63, 3.8) is 0 Å². The lowest BCUT2D eigenvalue weighted by Crippen LogP contribution is -2.38. The number of nitrogens with one attached hydrogen (secondary N) is 1. The summed E-state index contributed by atoms with van der Waals surface area (Å²) < 4.78 is 1.49. The van der Waals surface area contributed by atoms with Crippen molar-refractivity contribution in [2.45, 2.75) is 6.54 Å². The summed E-state index contributed by atoms with van der Waals surface area (Å²) in [6.07, 6.45) is 3.37. The Kier molecular flexibility index (Phi) is 2.45. The number of aromatic amines is 1. The van der Waals surface area contributed by atoms with Gasteiger partial charge in [0.2, 0.25) is 0 Å². The van der Waals surface area contributed by atoms with Crippen molar-refractivity contribution in [3.05, 3.63) is 36.7 Å². The van der Waals surface area contributed by atoms with E-state index in [2.05, 4.69) is 10.1 Å². The molecule has 0 atom stereocenters. The molecule has 2 N–H and O–H groups in total. The predicted molar refractivity (Wildman–Crippen MR) is 51.9 cm³/mol. The minimum Gasteiger partial charge on any atom is -0.476 e. The summed E-state index contributed by atoms with van der Waals surface area (Å²) in [4.78, 5) is 14.6. The number of nitrogens with zero attached hydrogens (tertiary/aromatic N) is 2. The van der Waals surface area contributed by atoms with Gasteiger partial charge in [-0.2, -0.15) is 5.10 Å². The highest BCUT2D eigenvalue weighted by molar-refractivity contribution is 5.64. The molecule has 2 aromatic rings. The molecular formula is C10H10N3O2+. The number of aromatic nitrogens is 3. The lowest BCUT2D eigenvalue weighted by atomic mass is 10.3. The smallest absolute Gasteiger partial charge is 0.372 e. The molecule has 2 aromatic heterocycles. The Hall–Kier alpha value is -2.17. The highest BCUT2D eigenvalue weighted by atomic mass is 16.4. The average Bonchev–Trinajstić information content (AvgIpc) is 2.67. The molecule has 0 unspecified atom stereocenters. The average molecular weight is 204 g/mol. The van der Waals surface area contributed by atoms with Gasteiger partial charge in [-0.1, -0.05) is 6.07 Å². The van der Waals surface area contributed by atoms with Crippen LogP contribution in [0.15, 0.2) is 36.7 Å². The van der Waals surface area contributed by atoms with E-state index in [1.54, 1.807) is 18.5 Å². The minimum absolute atomic E-state index is 0.0766.